The molecule has 1 aromatic heterocycles. The Morgan fingerprint density at radius 1 is 1.31 bits per heavy atom. The van der Waals surface area contributed by atoms with E-state index in [4.69, 9.17) is 5.11 Å². The van der Waals surface area contributed by atoms with Crippen molar-refractivity contribution < 1.29 is 19.5 Å². The van der Waals surface area contributed by atoms with E-state index < -0.39 is 11.9 Å². The van der Waals surface area contributed by atoms with Gasteiger partial charge in [0.1, 0.15) is 0 Å². The molecule has 0 bridgehead atoms. The Balaban J connectivity index is 1.67. The average Bonchev–Trinajstić information content (AvgIpc) is 3.22. The third-order valence-electron chi connectivity index (χ3n) is 3.83. The molecule has 29 heavy (non-hydrogen) atoms. The summed E-state index contributed by atoms with van der Waals surface area (Å²) in [6.45, 7) is 3.98. The Morgan fingerprint density at radius 2 is 2.10 bits per heavy atom. The summed E-state index contributed by atoms with van der Waals surface area (Å²) in [6, 6.07) is 5.91. The summed E-state index contributed by atoms with van der Waals surface area (Å²) >= 11 is 2.43. The molecule has 150 valence electrons. The number of carbonyl (C=O) groups excluding carboxylic acids is 2. The van der Waals surface area contributed by atoms with Crippen LogP contribution in [-0.4, -0.2) is 33.0 Å². The number of aliphatic imine (C=N–C) groups is 1. The van der Waals surface area contributed by atoms with E-state index in [1.54, 1.807) is 6.08 Å². The highest BCUT2D eigenvalue weighted by Crippen LogP contribution is 2.31. The van der Waals surface area contributed by atoms with Crippen molar-refractivity contribution in [2.24, 2.45) is 4.99 Å². The van der Waals surface area contributed by atoms with Crippen LogP contribution in [0.3, 0.4) is 0 Å². The molecule has 0 spiro atoms. The Hall–Kier alpha value is -2.98. The summed E-state index contributed by atoms with van der Waals surface area (Å²) in [6.07, 6.45) is 2.85. The Morgan fingerprint density at radius 3 is 2.83 bits per heavy atom. The van der Waals surface area contributed by atoms with Crippen molar-refractivity contribution in [1.82, 2.24) is 10.3 Å². The molecule has 2 aromatic rings. The van der Waals surface area contributed by atoms with Crippen LogP contribution in [0.15, 0.2) is 34.3 Å². The first-order valence-electron chi connectivity index (χ1n) is 8.64. The Kier molecular flexibility index (Phi) is 6.45. The van der Waals surface area contributed by atoms with Gasteiger partial charge in [-0.05, 0) is 43.3 Å². The minimum absolute atomic E-state index is 0.123. The normalized spacial score (nSPS) is 16.3. The SMILES string of the molecule is Cc1ccc(N=C2NC(=O)C(=Cc3cnc(NC(=O)CCC(=O)O)s3)S2)c(C)c1. The second kappa shape index (κ2) is 9.01. The van der Waals surface area contributed by atoms with Gasteiger partial charge in [0.2, 0.25) is 5.91 Å². The molecule has 2 amide bonds. The Labute approximate surface area is 175 Å². The van der Waals surface area contributed by atoms with Gasteiger partial charge >= 0.3 is 5.97 Å². The molecule has 1 aliphatic rings. The van der Waals surface area contributed by atoms with Crippen molar-refractivity contribution in [2.75, 3.05) is 5.32 Å². The highest BCUT2D eigenvalue weighted by molar-refractivity contribution is 8.18. The van der Waals surface area contributed by atoms with Crippen LogP contribution < -0.4 is 10.6 Å². The summed E-state index contributed by atoms with van der Waals surface area (Å²) in [7, 11) is 0. The summed E-state index contributed by atoms with van der Waals surface area (Å²) in [5.41, 5.74) is 2.96. The second-order valence-corrected chi connectivity index (χ2v) is 8.37. The van der Waals surface area contributed by atoms with Crippen LogP contribution in [0.2, 0.25) is 0 Å². The molecule has 3 rings (SSSR count). The minimum Gasteiger partial charge on any atom is -0.481 e. The van der Waals surface area contributed by atoms with Gasteiger partial charge < -0.3 is 15.7 Å². The fourth-order valence-corrected chi connectivity index (χ4v) is 4.14. The fourth-order valence-electron chi connectivity index (χ4n) is 2.46. The van der Waals surface area contributed by atoms with Crippen molar-refractivity contribution in [3.8, 4) is 0 Å². The number of hydrogen-bond acceptors (Lipinski definition) is 7. The molecule has 3 N–H and O–H groups in total. The fraction of sp³-hybridized carbons (Fsp3) is 0.211. The molecule has 1 saturated heterocycles. The third-order valence-corrected chi connectivity index (χ3v) is 5.60. The summed E-state index contributed by atoms with van der Waals surface area (Å²) in [5, 5.41) is 14.8. The van der Waals surface area contributed by atoms with Crippen LogP contribution in [0.5, 0.6) is 0 Å². The average molecular weight is 431 g/mol. The van der Waals surface area contributed by atoms with E-state index in [2.05, 4.69) is 20.6 Å². The largest absolute Gasteiger partial charge is 0.481 e. The lowest BCUT2D eigenvalue weighted by Crippen LogP contribution is -2.19. The zero-order valence-electron chi connectivity index (χ0n) is 15.7. The number of thiazole rings is 1. The molecule has 0 unspecified atom stereocenters. The first-order chi connectivity index (χ1) is 13.8. The number of nitrogens with one attached hydrogen (secondary N) is 2. The van der Waals surface area contributed by atoms with E-state index in [-0.39, 0.29) is 18.7 Å². The molecule has 2 heterocycles. The molecule has 1 aliphatic heterocycles. The van der Waals surface area contributed by atoms with Crippen molar-refractivity contribution >= 4 is 62.9 Å². The molecule has 0 radical (unpaired) electrons. The van der Waals surface area contributed by atoms with Gasteiger partial charge in [0.05, 0.1) is 21.9 Å². The van der Waals surface area contributed by atoms with Crippen LogP contribution in [0, 0.1) is 13.8 Å². The molecule has 0 atom stereocenters. The zero-order valence-corrected chi connectivity index (χ0v) is 17.3. The number of nitrogens with zero attached hydrogens (tertiary/aromatic N) is 2. The number of carboxylic acids is 1. The summed E-state index contributed by atoms with van der Waals surface area (Å²) in [4.78, 5) is 44.2. The first kappa shape index (κ1) is 20.7. The van der Waals surface area contributed by atoms with E-state index in [1.165, 1.54) is 29.3 Å². The standard InChI is InChI=1S/C19H18N4O4S2/c1-10-3-4-13(11(2)7-10)21-19-23-17(27)14(29-19)8-12-9-20-18(28-12)22-15(24)5-6-16(25)26/h3-4,7-9H,5-6H2,1-2H3,(H,25,26)(H,20,22,24)(H,21,23,27). The van der Waals surface area contributed by atoms with E-state index in [9.17, 15) is 14.4 Å². The Bertz CT molecular complexity index is 1040. The number of carboxylic acid groups (broad SMARTS) is 1. The molecular weight excluding hydrogens is 412 g/mol. The van der Waals surface area contributed by atoms with Crippen LogP contribution in [0.25, 0.3) is 6.08 Å². The molecule has 8 nitrogen and oxygen atoms in total. The maximum absolute atomic E-state index is 12.2. The number of aromatic nitrogens is 1. The van der Waals surface area contributed by atoms with Gasteiger partial charge in [-0.2, -0.15) is 0 Å². The number of benzene rings is 1. The number of amidine groups is 1. The topological polar surface area (TPSA) is 121 Å². The number of rotatable bonds is 6. The van der Waals surface area contributed by atoms with E-state index in [0.29, 0.717) is 20.1 Å². The molecule has 1 aromatic carbocycles. The minimum atomic E-state index is -1.03. The molecule has 0 saturated carbocycles. The van der Waals surface area contributed by atoms with Gasteiger partial charge in [0.25, 0.3) is 5.91 Å². The van der Waals surface area contributed by atoms with Crippen molar-refractivity contribution in [2.45, 2.75) is 26.7 Å². The van der Waals surface area contributed by atoms with Gasteiger partial charge in [0.15, 0.2) is 10.3 Å². The smallest absolute Gasteiger partial charge is 0.303 e. The zero-order chi connectivity index (χ0) is 21.0. The van der Waals surface area contributed by atoms with Crippen molar-refractivity contribution in [1.29, 1.82) is 0 Å². The lowest BCUT2D eigenvalue weighted by molar-refractivity contribution is -0.138. The van der Waals surface area contributed by atoms with Crippen molar-refractivity contribution in [3.63, 3.8) is 0 Å². The summed E-state index contributed by atoms with van der Waals surface area (Å²) in [5.74, 6) is -1.71. The van der Waals surface area contributed by atoms with Gasteiger partial charge in [-0.15, -0.1) is 0 Å². The lowest BCUT2D eigenvalue weighted by Gasteiger charge is -2.02. The van der Waals surface area contributed by atoms with Gasteiger partial charge in [-0.25, -0.2) is 9.98 Å². The quantitative estimate of drug-likeness (QED) is 0.604. The highest BCUT2D eigenvalue weighted by Gasteiger charge is 2.24. The third kappa shape index (κ3) is 5.75. The van der Waals surface area contributed by atoms with E-state index >= 15 is 0 Å². The van der Waals surface area contributed by atoms with Gasteiger partial charge in [-0.1, -0.05) is 29.0 Å². The summed E-state index contributed by atoms with van der Waals surface area (Å²) < 4.78 is 0. The molecular formula is C19H18N4O4S2. The molecule has 1 fully saturated rings. The van der Waals surface area contributed by atoms with E-state index in [1.807, 2.05) is 32.0 Å². The lowest BCUT2D eigenvalue weighted by atomic mass is 10.1. The number of anilines is 1. The van der Waals surface area contributed by atoms with E-state index in [0.717, 1.165) is 16.8 Å². The second-order valence-electron chi connectivity index (χ2n) is 6.28. The maximum atomic E-state index is 12.2. The molecule has 10 heteroatoms. The first-order valence-corrected chi connectivity index (χ1v) is 10.3. The van der Waals surface area contributed by atoms with Crippen LogP contribution in [-0.2, 0) is 14.4 Å². The number of aliphatic carboxylic acids is 1. The monoisotopic (exact) mass is 430 g/mol. The van der Waals surface area contributed by atoms with Crippen LogP contribution >= 0.6 is 23.1 Å². The predicted octanol–water partition coefficient (Wildman–Crippen LogP) is 3.45. The predicted molar refractivity (Wildman–Crippen MR) is 114 cm³/mol. The van der Waals surface area contributed by atoms with Gasteiger partial charge in [-0.3, -0.25) is 14.4 Å². The van der Waals surface area contributed by atoms with Crippen molar-refractivity contribution in [3.05, 3.63) is 45.3 Å². The number of carbonyl (C=O) groups is 3. The van der Waals surface area contributed by atoms with Gasteiger partial charge in [0, 0.05) is 12.6 Å². The van der Waals surface area contributed by atoms with Crippen LogP contribution in [0.1, 0.15) is 28.8 Å². The maximum Gasteiger partial charge on any atom is 0.303 e. The highest BCUT2D eigenvalue weighted by atomic mass is 32.2. The number of thioether (sulfide) groups is 1. The number of amides is 2. The number of aryl methyl sites for hydroxylation is 2. The molecule has 0 aliphatic carbocycles. The number of hydrogen-bond donors (Lipinski definition) is 3. The van der Waals surface area contributed by atoms with Crippen LogP contribution in [0.4, 0.5) is 10.8 Å².